The lowest BCUT2D eigenvalue weighted by Crippen LogP contribution is -2.57. The summed E-state index contributed by atoms with van der Waals surface area (Å²) in [6.45, 7) is 10.5. The van der Waals surface area contributed by atoms with Crippen LogP contribution in [0.25, 0.3) is 0 Å². The quantitative estimate of drug-likeness (QED) is 0.752. The van der Waals surface area contributed by atoms with Crippen LogP contribution in [-0.4, -0.2) is 80.1 Å². The van der Waals surface area contributed by atoms with E-state index in [0.29, 0.717) is 19.5 Å². The predicted molar refractivity (Wildman–Crippen MR) is 90.0 cm³/mol. The maximum absolute atomic E-state index is 13.0. The van der Waals surface area contributed by atoms with E-state index in [1.807, 2.05) is 13.8 Å². The van der Waals surface area contributed by atoms with Crippen LogP contribution in [0.15, 0.2) is 0 Å². The van der Waals surface area contributed by atoms with Crippen LogP contribution in [0, 0.1) is 5.92 Å². The third-order valence-corrected chi connectivity index (χ3v) is 6.38. The monoisotopic (exact) mass is 346 g/mol. The van der Waals surface area contributed by atoms with E-state index in [-0.39, 0.29) is 30.1 Å². The van der Waals surface area contributed by atoms with Crippen molar-refractivity contribution in [3.8, 4) is 0 Å². The first-order valence-corrected chi connectivity index (χ1v) is 10.4. The van der Waals surface area contributed by atoms with E-state index in [1.54, 1.807) is 4.90 Å². The largest absolute Gasteiger partial charge is 0.373 e. The number of carbonyl (C=O) groups excluding carboxylic acids is 1. The molecule has 4 atom stereocenters. The summed E-state index contributed by atoms with van der Waals surface area (Å²) < 4.78 is 29.2. The summed E-state index contributed by atoms with van der Waals surface area (Å²) in [5.74, 6) is 0.240. The zero-order chi connectivity index (χ0) is 17.4. The molecule has 0 aromatic heterocycles. The van der Waals surface area contributed by atoms with Gasteiger partial charge in [0.1, 0.15) is 0 Å². The highest BCUT2D eigenvalue weighted by Crippen LogP contribution is 2.23. The summed E-state index contributed by atoms with van der Waals surface area (Å²) in [6, 6.07) is -0.206. The van der Waals surface area contributed by atoms with Crippen LogP contribution in [0.3, 0.4) is 0 Å². The number of carbonyl (C=O) groups is 1. The molecule has 1 amide bonds. The van der Waals surface area contributed by atoms with Crippen molar-refractivity contribution in [3.63, 3.8) is 0 Å². The molecule has 2 heterocycles. The van der Waals surface area contributed by atoms with Crippen LogP contribution in [0.2, 0.25) is 0 Å². The van der Waals surface area contributed by atoms with Crippen molar-refractivity contribution in [2.45, 2.75) is 57.6 Å². The number of hydrogen-bond acceptors (Lipinski definition) is 5. The lowest BCUT2D eigenvalue weighted by molar-refractivity contribution is -0.144. The molecule has 0 saturated carbocycles. The maximum Gasteiger partial charge on any atom is 0.240 e. The normalized spacial score (nSPS) is 31.6. The molecular weight excluding hydrogens is 316 g/mol. The summed E-state index contributed by atoms with van der Waals surface area (Å²) >= 11 is 0. The first-order valence-electron chi connectivity index (χ1n) is 8.46. The summed E-state index contributed by atoms with van der Waals surface area (Å²) in [5.41, 5.74) is 0. The number of likely N-dealkylation sites (tertiary alicyclic amines) is 1. The molecule has 0 spiro atoms. The van der Waals surface area contributed by atoms with Gasteiger partial charge in [0.15, 0.2) is 9.84 Å². The lowest BCUT2D eigenvalue weighted by atomic mass is 9.99. The number of sulfone groups is 1. The Bertz CT molecular complexity index is 524. The number of nitrogens with zero attached hydrogens (tertiary/aromatic N) is 2. The molecule has 0 N–H and O–H groups in total. The van der Waals surface area contributed by atoms with Gasteiger partial charge in [0.2, 0.25) is 5.91 Å². The van der Waals surface area contributed by atoms with Gasteiger partial charge in [-0.2, -0.15) is 0 Å². The average molecular weight is 346 g/mol. The van der Waals surface area contributed by atoms with Crippen LogP contribution in [-0.2, 0) is 19.4 Å². The molecule has 2 aliphatic heterocycles. The van der Waals surface area contributed by atoms with Gasteiger partial charge in [-0.15, -0.1) is 0 Å². The molecule has 2 rings (SSSR count). The zero-order valence-corrected chi connectivity index (χ0v) is 15.7. The third-order valence-electron chi connectivity index (χ3n) is 4.79. The highest BCUT2D eigenvalue weighted by Gasteiger charge is 2.40. The Balaban J connectivity index is 2.10. The Morgan fingerprint density at radius 2 is 1.70 bits per heavy atom. The van der Waals surface area contributed by atoms with Crippen LogP contribution in [0.4, 0.5) is 0 Å². The van der Waals surface area contributed by atoms with Crippen LogP contribution >= 0.6 is 0 Å². The molecule has 0 aliphatic carbocycles. The fraction of sp³-hybridized carbons (Fsp3) is 0.938. The highest BCUT2D eigenvalue weighted by molar-refractivity contribution is 7.91. The molecule has 134 valence electrons. The predicted octanol–water partition coefficient (Wildman–Crippen LogP) is 0.766. The Hall–Kier alpha value is -0.660. The van der Waals surface area contributed by atoms with Crippen molar-refractivity contribution in [2.75, 3.05) is 32.4 Å². The van der Waals surface area contributed by atoms with Crippen molar-refractivity contribution in [3.05, 3.63) is 0 Å². The molecule has 2 fully saturated rings. The number of ether oxygens (including phenoxy) is 1. The zero-order valence-electron chi connectivity index (χ0n) is 14.9. The number of amides is 1. The second kappa shape index (κ2) is 7.07. The summed E-state index contributed by atoms with van der Waals surface area (Å²) in [7, 11) is -3.08. The number of rotatable bonds is 4. The average Bonchev–Trinajstić information content (AvgIpc) is 2.86. The Labute approximate surface area is 140 Å². The van der Waals surface area contributed by atoms with Crippen molar-refractivity contribution >= 4 is 15.7 Å². The van der Waals surface area contributed by atoms with Gasteiger partial charge in [-0.3, -0.25) is 9.69 Å². The SMILES string of the molecule is CC(C)[C@@H](C(=O)N1CC[C@H](S(C)(=O)=O)C1)N1C[C@@H](C)O[C@@H](C)C1. The molecule has 2 aliphatic rings. The molecule has 6 nitrogen and oxygen atoms in total. The number of morpholine rings is 1. The second-order valence-electron chi connectivity index (χ2n) is 7.42. The molecular formula is C16H30N2O4S. The van der Waals surface area contributed by atoms with E-state index >= 15 is 0 Å². The first-order chi connectivity index (χ1) is 10.6. The van der Waals surface area contributed by atoms with Crippen molar-refractivity contribution in [1.29, 1.82) is 0 Å². The molecule has 2 saturated heterocycles. The molecule has 7 heteroatoms. The standard InChI is InChI=1S/C16H30N2O4S/c1-11(2)15(18-8-12(3)22-13(4)9-18)16(19)17-7-6-14(10-17)23(5,20)21/h11-15H,6-10H2,1-5H3/t12-,13+,14-,15-/m0/s1. The van der Waals surface area contributed by atoms with E-state index in [2.05, 4.69) is 18.7 Å². The van der Waals surface area contributed by atoms with Gasteiger partial charge in [0.25, 0.3) is 0 Å². The van der Waals surface area contributed by atoms with Gasteiger partial charge in [-0.1, -0.05) is 13.8 Å². The van der Waals surface area contributed by atoms with E-state index in [0.717, 1.165) is 13.1 Å². The van der Waals surface area contributed by atoms with Gasteiger partial charge in [0, 0.05) is 32.4 Å². The first kappa shape index (κ1) is 18.7. The molecule has 0 radical (unpaired) electrons. The minimum absolute atomic E-state index is 0.0625. The van der Waals surface area contributed by atoms with Crippen molar-refractivity contribution in [2.24, 2.45) is 5.92 Å². The van der Waals surface area contributed by atoms with Crippen molar-refractivity contribution in [1.82, 2.24) is 9.80 Å². The third kappa shape index (κ3) is 4.45. The molecule has 0 bridgehead atoms. The smallest absolute Gasteiger partial charge is 0.240 e. The fourth-order valence-corrected chi connectivity index (χ4v) is 4.76. The minimum atomic E-state index is -3.08. The highest BCUT2D eigenvalue weighted by atomic mass is 32.2. The molecule has 23 heavy (non-hydrogen) atoms. The van der Waals surface area contributed by atoms with Crippen LogP contribution in [0.1, 0.15) is 34.1 Å². The van der Waals surface area contributed by atoms with Crippen LogP contribution in [0.5, 0.6) is 0 Å². The van der Waals surface area contributed by atoms with E-state index < -0.39 is 15.1 Å². The van der Waals surface area contributed by atoms with Gasteiger partial charge < -0.3 is 9.64 Å². The van der Waals surface area contributed by atoms with Gasteiger partial charge in [0.05, 0.1) is 23.5 Å². The van der Waals surface area contributed by atoms with Gasteiger partial charge in [-0.25, -0.2) is 8.42 Å². The minimum Gasteiger partial charge on any atom is -0.373 e. The topological polar surface area (TPSA) is 66.9 Å². The molecule has 0 aromatic rings. The Morgan fingerprint density at radius 1 is 1.13 bits per heavy atom. The Morgan fingerprint density at radius 3 is 2.13 bits per heavy atom. The molecule has 0 aromatic carbocycles. The number of hydrogen-bond donors (Lipinski definition) is 0. The van der Waals surface area contributed by atoms with E-state index in [9.17, 15) is 13.2 Å². The van der Waals surface area contributed by atoms with E-state index in [4.69, 9.17) is 4.74 Å². The summed E-state index contributed by atoms with van der Waals surface area (Å²) in [5, 5.41) is -0.415. The second-order valence-corrected chi connectivity index (χ2v) is 9.75. The summed E-state index contributed by atoms with van der Waals surface area (Å²) in [4.78, 5) is 17.0. The van der Waals surface area contributed by atoms with Crippen molar-refractivity contribution < 1.29 is 17.9 Å². The Kier molecular flexibility index (Phi) is 5.74. The van der Waals surface area contributed by atoms with Crippen LogP contribution < -0.4 is 0 Å². The van der Waals surface area contributed by atoms with E-state index in [1.165, 1.54) is 6.26 Å². The van der Waals surface area contributed by atoms with Gasteiger partial charge in [-0.05, 0) is 26.2 Å². The fourth-order valence-electron chi connectivity index (χ4n) is 3.77. The van der Waals surface area contributed by atoms with Gasteiger partial charge >= 0.3 is 0 Å². The molecule has 0 unspecified atom stereocenters. The summed E-state index contributed by atoms with van der Waals surface area (Å²) in [6.07, 6.45) is 2.02. The maximum atomic E-state index is 13.0. The lowest BCUT2D eigenvalue weighted by Gasteiger charge is -2.42.